The topological polar surface area (TPSA) is 44.8 Å². The molecule has 0 aliphatic heterocycles. The van der Waals surface area contributed by atoms with Crippen LogP contribution in [0.4, 0.5) is 0 Å². The Balaban J connectivity index is 3.87. The Kier molecular flexibility index (Phi) is 9.82. The van der Waals surface area contributed by atoms with Crippen molar-refractivity contribution in [3.05, 3.63) is 12.7 Å². The monoisotopic (exact) mass is 288 g/mol. The van der Waals surface area contributed by atoms with Gasteiger partial charge in [0.2, 0.25) is 0 Å². The third kappa shape index (κ3) is 8.97. The van der Waals surface area contributed by atoms with Gasteiger partial charge in [-0.25, -0.2) is 4.79 Å². The molecule has 0 aromatic carbocycles. The summed E-state index contributed by atoms with van der Waals surface area (Å²) in [6, 6.07) is 0.983. The van der Waals surface area contributed by atoms with Crippen molar-refractivity contribution < 1.29 is 18.4 Å². The lowest BCUT2D eigenvalue weighted by Gasteiger charge is -2.26. The van der Waals surface area contributed by atoms with Crippen LogP contribution < -0.4 is 0 Å². The van der Waals surface area contributed by atoms with Crippen molar-refractivity contribution in [2.24, 2.45) is 0 Å². The van der Waals surface area contributed by atoms with Crippen LogP contribution in [0.5, 0.6) is 0 Å². The fraction of sp³-hybridized carbons (Fsp3) is 0.786. The fourth-order valence-corrected chi connectivity index (χ4v) is 4.47. The highest BCUT2D eigenvalue weighted by Crippen LogP contribution is 2.18. The fourth-order valence-electron chi connectivity index (χ4n) is 1.98. The van der Waals surface area contributed by atoms with E-state index in [2.05, 4.69) is 13.1 Å². The number of hydrogen-bond acceptors (Lipinski definition) is 4. The molecular weight excluding hydrogens is 260 g/mol. The smallest absolute Gasteiger partial charge is 0.334 e. The number of esters is 1. The van der Waals surface area contributed by atoms with E-state index in [1.165, 1.54) is 6.08 Å². The molecule has 112 valence electrons. The second-order valence-corrected chi connectivity index (χ2v) is 8.04. The van der Waals surface area contributed by atoms with Crippen LogP contribution in [0.15, 0.2) is 12.7 Å². The van der Waals surface area contributed by atoms with Gasteiger partial charge in [-0.1, -0.05) is 13.0 Å². The standard InChI is InChI=1S/C14H28O4Si/c1-6-14(15)18-13(4)11-9-10-12-19(5,16-7-2)17-8-3/h6,13H,1,7-12H2,2-5H3. The van der Waals surface area contributed by atoms with E-state index < -0.39 is 8.56 Å². The second kappa shape index (κ2) is 10.2. The van der Waals surface area contributed by atoms with Gasteiger partial charge in [-0.3, -0.25) is 0 Å². The highest BCUT2D eigenvalue weighted by Gasteiger charge is 2.29. The van der Waals surface area contributed by atoms with Gasteiger partial charge in [0, 0.05) is 19.3 Å². The van der Waals surface area contributed by atoms with E-state index in [-0.39, 0.29) is 12.1 Å². The Morgan fingerprint density at radius 2 is 1.84 bits per heavy atom. The first-order valence-electron chi connectivity index (χ1n) is 7.08. The summed E-state index contributed by atoms with van der Waals surface area (Å²) in [6.45, 7) is 12.8. The van der Waals surface area contributed by atoms with E-state index >= 15 is 0 Å². The zero-order chi connectivity index (χ0) is 14.7. The van der Waals surface area contributed by atoms with Crippen LogP contribution >= 0.6 is 0 Å². The first-order valence-corrected chi connectivity index (χ1v) is 9.60. The highest BCUT2D eigenvalue weighted by atomic mass is 28.4. The van der Waals surface area contributed by atoms with Crippen LogP contribution in [0.3, 0.4) is 0 Å². The minimum absolute atomic E-state index is 0.0578. The van der Waals surface area contributed by atoms with Crippen molar-refractivity contribution in [3.8, 4) is 0 Å². The Morgan fingerprint density at radius 3 is 2.32 bits per heavy atom. The van der Waals surface area contributed by atoms with E-state index in [9.17, 15) is 4.79 Å². The number of carbonyl (C=O) groups is 1. The summed E-state index contributed by atoms with van der Waals surface area (Å²) >= 11 is 0. The van der Waals surface area contributed by atoms with Crippen LogP contribution in [0, 0.1) is 0 Å². The highest BCUT2D eigenvalue weighted by molar-refractivity contribution is 6.66. The van der Waals surface area contributed by atoms with E-state index in [4.69, 9.17) is 13.6 Å². The van der Waals surface area contributed by atoms with Gasteiger partial charge in [0.05, 0.1) is 6.10 Å². The average Bonchev–Trinajstić information content (AvgIpc) is 2.35. The molecule has 0 N–H and O–H groups in total. The molecule has 0 aliphatic carbocycles. The van der Waals surface area contributed by atoms with Crippen molar-refractivity contribution in [2.45, 2.75) is 58.7 Å². The third-order valence-electron chi connectivity index (χ3n) is 2.87. The van der Waals surface area contributed by atoms with E-state index in [0.29, 0.717) is 13.2 Å². The van der Waals surface area contributed by atoms with Crippen LogP contribution in [0.2, 0.25) is 12.6 Å². The molecule has 0 bridgehead atoms. The van der Waals surface area contributed by atoms with Crippen molar-refractivity contribution in [3.63, 3.8) is 0 Å². The Labute approximate surface area is 118 Å². The van der Waals surface area contributed by atoms with E-state index in [1.54, 1.807) is 0 Å². The normalized spacial score (nSPS) is 13.1. The maximum absolute atomic E-state index is 11.0. The van der Waals surface area contributed by atoms with E-state index in [1.807, 2.05) is 20.8 Å². The molecule has 0 radical (unpaired) electrons. The van der Waals surface area contributed by atoms with Crippen LogP contribution in [-0.4, -0.2) is 33.8 Å². The largest absolute Gasteiger partial charge is 0.460 e. The Morgan fingerprint density at radius 1 is 1.26 bits per heavy atom. The molecule has 1 atom stereocenters. The quantitative estimate of drug-likeness (QED) is 0.253. The Hall–Kier alpha value is -0.653. The molecule has 0 rings (SSSR count). The van der Waals surface area contributed by atoms with Crippen LogP contribution in [0.1, 0.15) is 40.0 Å². The molecule has 0 aromatic heterocycles. The minimum Gasteiger partial charge on any atom is -0.460 e. The van der Waals surface area contributed by atoms with Gasteiger partial charge in [0.15, 0.2) is 0 Å². The van der Waals surface area contributed by atoms with Crippen molar-refractivity contribution >= 4 is 14.5 Å². The van der Waals surface area contributed by atoms with Gasteiger partial charge >= 0.3 is 14.5 Å². The molecule has 0 saturated heterocycles. The van der Waals surface area contributed by atoms with Gasteiger partial charge in [-0.2, -0.15) is 0 Å². The summed E-state index contributed by atoms with van der Waals surface area (Å²) in [5.41, 5.74) is 0. The second-order valence-electron chi connectivity index (χ2n) is 4.70. The maximum atomic E-state index is 11.0. The summed E-state index contributed by atoms with van der Waals surface area (Å²) in [6.07, 6.45) is 4.05. The van der Waals surface area contributed by atoms with Crippen molar-refractivity contribution in [1.29, 1.82) is 0 Å². The lowest BCUT2D eigenvalue weighted by Crippen LogP contribution is -2.38. The first-order chi connectivity index (χ1) is 8.97. The average molecular weight is 288 g/mol. The lowest BCUT2D eigenvalue weighted by molar-refractivity contribution is -0.142. The predicted octanol–water partition coefficient (Wildman–Crippen LogP) is 3.42. The molecule has 4 nitrogen and oxygen atoms in total. The molecule has 1 unspecified atom stereocenters. The molecule has 0 aliphatic rings. The lowest BCUT2D eigenvalue weighted by atomic mass is 10.2. The molecule has 19 heavy (non-hydrogen) atoms. The summed E-state index contributed by atoms with van der Waals surface area (Å²) in [7, 11) is -1.98. The number of carbonyl (C=O) groups excluding carboxylic acids is 1. The Bertz CT molecular complexity index is 262. The molecule has 0 saturated carbocycles. The maximum Gasteiger partial charge on any atom is 0.334 e. The minimum atomic E-state index is -1.98. The van der Waals surface area contributed by atoms with Crippen LogP contribution in [0.25, 0.3) is 0 Å². The summed E-state index contributed by atoms with van der Waals surface area (Å²) < 4.78 is 16.7. The molecular formula is C14H28O4Si. The molecule has 0 aromatic rings. The molecule has 0 amide bonds. The molecule has 5 heteroatoms. The van der Waals surface area contributed by atoms with Crippen LogP contribution in [-0.2, 0) is 18.4 Å². The van der Waals surface area contributed by atoms with Gasteiger partial charge in [-0.15, -0.1) is 0 Å². The SMILES string of the molecule is C=CC(=O)OC(C)CCCC[Si](C)(OCC)OCC. The van der Waals surface area contributed by atoms with Crippen molar-refractivity contribution in [1.82, 2.24) is 0 Å². The van der Waals surface area contributed by atoms with Gasteiger partial charge in [-0.05, 0) is 46.2 Å². The summed E-state index contributed by atoms with van der Waals surface area (Å²) in [4.78, 5) is 11.0. The zero-order valence-corrected chi connectivity index (χ0v) is 13.7. The summed E-state index contributed by atoms with van der Waals surface area (Å²) in [5.74, 6) is -0.352. The van der Waals surface area contributed by atoms with Gasteiger partial charge in [0.25, 0.3) is 0 Å². The van der Waals surface area contributed by atoms with E-state index in [0.717, 1.165) is 25.3 Å². The number of ether oxygens (including phenoxy) is 1. The van der Waals surface area contributed by atoms with Gasteiger partial charge < -0.3 is 13.6 Å². The number of hydrogen-bond donors (Lipinski definition) is 0. The first kappa shape index (κ1) is 18.3. The zero-order valence-electron chi connectivity index (χ0n) is 12.7. The third-order valence-corrected chi connectivity index (χ3v) is 5.94. The molecule has 0 heterocycles. The number of unbranched alkanes of at least 4 members (excludes halogenated alkanes) is 1. The molecule has 0 spiro atoms. The summed E-state index contributed by atoms with van der Waals surface area (Å²) in [5, 5.41) is 0. The predicted molar refractivity (Wildman–Crippen MR) is 79.3 cm³/mol. The number of rotatable bonds is 11. The van der Waals surface area contributed by atoms with Crippen molar-refractivity contribution in [2.75, 3.05) is 13.2 Å². The molecule has 0 fully saturated rings. The van der Waals surface area contributed by atoms with Gasteiger partial charge in [0.1, 0.15) is 0 Å².